The summed E-state index contributed by atoms with van der Waals surface area (Å²) in [6, 6.07) is 1.99. The maximum Gasteiger partial charge on any atom is 0.123 e. The molecule has 1 atom stereocenters. The van der Waals surface area contributed by atoms with E-state index in [1.165, 1.54) is 12.8 Å². The number of nitrogens with one attached hydrogen (secondary N) is 1. The highest BCUT2D eigenvalue weighted by Crippen LogP contribution is 2.10. The molecule has 4 heteroatoms. The van der Waals surface area contributed by atoms with Crippen LogP contribution < -0.4 is 11.1 Å². The molecule has 3 N–H and O–H groups in total. The molecule has 0 radical (unpaired) electrons. The highest BCUT2D eigenvalue weighted by Gasteiger charge is 2.01. The van der Waals surface area contributed by atoms with E-state index in [2.05, 4.69) is 17.3 Å². The van der Waals surface area contributed by atoms with Gasteiger partial charge >= 0.3 is 0 Å². The van der Waals surface area contributed by atoms with E-state index in [1.54, 1.807) is 6.20 Å². The first-order chi connectivity index (χ1) is 7.24. The fraction of sp³-hybridized carbons (Fsp3) is 0.727. The maximum atomic E-state index is 5.50. The summed E-state index contributed by atoms with van der Waals surface area (Å²) < 4.78 is 1.85. The largest absolute Gasteiger partial charge is 0.370 e. The van der Waals surface area contributed by atoms with Crippen molar-refractivity contribution < 1.29 is 0 Å². The van der Waals surface area contributed by atoms with Crippen molar-refractivity contribution in [2.75, 3.05) is 18.4 Å². The van der Waals surface area contributed by atoms with Crippen LogP contribution in [0, 0.1) is 5.92 Å². The minimum atomic E-state index is 0.739. The summed E-state index contributed by atoms with van der Waals surface area (Å²) in [7, 11) is 1.94. The lowest BCUT2D eigenvalue weighted by atomic mass is 10.0. The summed E-state index contributed by atoms with van der Waals surface area (Å²) in [5, 5.41) is 7.46. The van der Waals surface area contributed by atoms with Gasteiger partial charge in [-0.2, -0.15) is 5.10 Å². The van der Waals surface area contributed by atoms with Crippen molar-refractivity contribution in [1.82, 2.24) is 9.78 Å². The standard InChI is InChI=1S/C11H22N4/c1-10(5-7-12)4-3-8-13-11-6-9-14-15(11)2/h6,9-10,13H,3-5,7-8,12H2,1-2H3. The molecule has 0 saturated carbocycles. The van der Waals surface area contributed by atoms with Crippen molar-refractivity contribution in [1.29, 1.82) is 0 Å². The minimum Gasteiger partial charge on any atom is -0.370 e. The van der Waals surface area contributed by atoms with Crippen LogP contribution in [0.2, 0.25) is 0 Å². The summed E-state index contributed by atoms with van der Waals surface area (Å²) in [6.45, 7) is 4.07. The SMILES string of the molecule is CC(CCN)CCCNc1ccnn1C. The molecule has 1 aromatic rings. The van der Waals surface area contributed by atoms with Crippen molar-refractivity contribution in [2.45, 2.75) is 26.2 Å². The molecule has 86 valence electrons. The molecule has 0 bridgehead atoms. The molecule has 1 aromatic heterocycles. The van der Waals surface area contributed by atoms with Gasteiger partial charge in [-0.25, -0.2) is 0 Å². The zero-order valence-corrected chi connectivity index (χ0v) is 9.74. The Kier molecular flexibility index (Phi) is 5.18. The normalized spacial score (nSPS) is 12.7. The van der Waals surface area contributed by atoms with E-state index in [0.717, 1.165) is 31.2 Å². The van der Waals surface area contributed by atoms with Crippen molar-refractivity contribution in [2.24, 2.45) is 18.7 Å². The Morgan fingerprint density at radius 2 is 2.33 bits per heavy atom. The second-order valence-electron chi connectivity index (χ2n) is 4.09. The fourth-order valence-corrected chi connectivity index (χ4v) is 1.64. The molecular weight excluding hydrogens is 188 g/mol. The third kappa shape index (κ3) is 4.34. The first-order valence-corrected chi connectivity index (χ1v) is 5.66. The van der Waals surface area contributed by atoms with Gasteiger partial charge in [-0.1, -0.05) is 6.92 Å². The van der Waals surface area contributed by atoms with E-state index in [1.807, 2.05) is 17.8 Å². The Morgan fingerprint density at radius 3 is 2.93 bits per heavy atom. The second-order valence-corrected chi connectivity index (χ2v) is 4.09. The first kappa shape index (κ1) is 12.0. The molecule has 0 amide bonds. The molecule has 0 aliphatic carbocycles. The Hall–Kier alpha value is -1.03. The van der Waals surface area contributed by atoms with Crippen molar-refractivity contribution in [3.8, 4) is 0 Å². The van der Waals surface area contributed by atoms with Gasteiger partial charge in [0.05, 0.1) is 6.20 Å². The lowest BCUT2D eigenvalue weighted by Crippen LogP contribution is -2.09. The Morgan fingerprint density at radius 1 is 1.53 bits per heavy atom. The van der Waals surface area contributed by atoms with Crippen LogP contribution in [0.4, 0.5) is 5.82 Å². The van der Waals surface area contributed by atoms with Crippen molar-refractivity contribution >= 4 is 5.82 Å². The summed E-state index contributed by atoms with van der Waals surface area (Å²) in [6.07, 6.45) is 5.36. The van der Waals surface area contributed by atoms with E-state index in [9.17, 15) is 0 Å². The Balaban J connectivity index is 2.09. The monoisotopic (exact) mass is 210 g/mol. The summed E-state index contributed by atoms with van der Waals surface area (Å²) >= 11 is 0. The first-order valence-electron chi connectivity index (χ1n) is 5.66. The van der Waals surface area contributed by atoms with Crippen LogP contribution in [0.15, 0.2) is 12.3 Å². The topological polar surface area (TPSA) is 55.9 Å². The highest BCUT2D eigenvalue weighted by molar-refractivity contribution is 5.32. The maximum absolute atomic E-state index is 5.50. The van der Waals surface area contributed by atoms with E-state index in [4.69, 9.17) is 5.73 Å². The molecule has 0 aromatic carbocycles. The fourth-order valence-electron chi connectivity index (χ4n) is 1.64. The van der Waals surface area contributed by atoms with Crippen molar-refractivity contribution in [3.05, 3.63) is 12.3 Å². The van der Waals surface area contributed by atoms with Gasteiger partial charge in [-0.15, -0.1) is 0 Å². The van der Waals surface area contributed by atoms with Crippen LogP contribution in [0.1, 0.15) is 26.2 Å². The van der Waals surface area contributed by atoms with Gasteiger partial charge in [0.2, 0.25) is 0 Å². The average Bonchev–Trinajstić information content (AvgIpc) is 2.60. The van der Waals surface area contributed by atoms with Crippen LogP contribution >= 0.6 is 0 Å². The quantitative estimate of drug-likeness (QED) is 0.672. The van der Waals surface area contributed by atoms with E-state index in [-0.39, 0.29) is 0 Å². The van der Waals surface area contributed by atoms with Gasteiger partial charge in [-0.3, -0.25) is 4.68 Å². The number of hydrogen-bond acceptors (Lipinski definition) is 3. The van der Waals surface area contributed by atoms with Crippen LogP contribution in [0.3, 0.4) is 0 Å². The molecule has 0 spiro atoms. The van der Waals surface area contributed by atoms with Gasteiger partial charge in [0, 0.05) is 19.7 Å². The molecular formula is C11H22N4. The van der Waals surface area contributed by atoms with Gasteiger partial charge < -0.3 is 11.1 Å². The number of aryl methyl sites for hydroxylation is 1. The highest BCUT2D eigenvalue weighted by atomic mass is 15.3. The van der Waals surface area contributed by atoms with Crippen LogP contribution in [0.5, 0.6) is 0 Å². The number of rotatable bonds is 7. The predicted molar refractivity (Wildman–Crippen MR) is 63.8 cm³/mol. The molecule has 1 rings (SSSR count). The predicted octanol–water partition coefficient (Wildman–Crippen LogP) is 1.60. The Bertz CT molecular complexity index is 269. The number of anilines is 1. The second kappa shape index (κ2) is 6.45. The van der Waals surface area contributed by atoms with Crippen LogP contribution in [0.25, 0.3) is 0 Å². The summed E-state index contributed by atoms with van der Waals surface area (Å²) in [5.74, 6) is 1.82. The lowest BCUT2D eigenvalue weighted by Gasteiger charge is -2.10. The molecule has 1 unspecified atom stereocenters. The zero-order chi connectivity index (χ0) is 11.1. The third-order valence-corrected chi connectivity index (χ3v) is 2.66. The Labute approximate surface area is 91.8 Å². The van der Waals surface area contributed by atoms with Gasteiger partial charge in [0.15, 0.2) is 0 Å². The van der Waals surface area contributed by atoms with E-state index >= 15 is 0 Å². The summed E-state index contributed by atoms with van der Waals surface area (Å²) in [5.41, 5.74) is 5.50. The van der Waals surface area contributed by atoms with Crippen LogP contribution in [-0.2, 0) is 7.05 Å². The van der Waals surface area contributed by atoms with Gasteiger partial charge in [0.25, 0.3) is 0 Å². The number of nitrogens with two attached hydrogens (primary N) is 1. The molecule has 0 aliphatic rings. The van der Waals surface area contributed by atoms with E-state index < -0.39 is 0 Å². The molecule has 15 heavy (non-hydrogen) atoms. The summed E-state index contributed by atoms with van der Waals surface area (Å²) in [4.78, 5) is 0. The van der Waals surface area contributed by atoms with E-state index in [0.29, 0.717) is 0 Å². The molecule has 0 saturated heterocycles. The van der Waals surface area contributed by atoms with Crippen molar-refractivity contribution in [3.63, 3.8) is 0 Å². The number of aromatic nitrogens is 2. The average molecular weight is 210 g/mol. The van der Waals surface area contributed by atoms with Crippen LogP contribution in [-0.4, -0.2) is 22.9 Å². The molecule has 0 aliphatic heterocycles. The smallest absolute Gasteiger partial charge is 0.123 e. The third-order valence-electron chi connectivity index (χ3n) is 2.66. The van der Waals surface area contributed by atoms with Gasteiger partial charge in [-0.05, 0) is 31.7 Å². The van der Waals surface area contributed by atoms with Gasteiger partial charge in [0.1, 0.15) is 5.82 Å². The number of nitrogens with zero attached hydrogens (tertiary/aromatic N) is 2. The molecule has 4 nitrogen and oxygen atoms in total. The molecule has 1 heterocycles. The zero-order valence-electron chi connectivity index (χ0n) is 9.74. The lowest BCUT2D eigenvalue weighted by molar-refractivity contribution is 0.487. The number of hydrogen-bond donors (Lipinski definition) is 2. The minimum absolute atomic E-state index is 0.739. The molecule has 0 fully saturated rings.